The van der Waals surface area contributed by atoms with E-state index in [1.54, 1.807) is 21.9 Å². The fourth-order valence-corrected chi connectivity index (χ4v) is 4.61. The van der Waals surface area contributed by atoms with E-state index in [9.17, 15) is 13.6 Å². The molecule has 0 spiro atoms. The Kier molecular flexibility index (Phi) is 5.56. The Morgan fingerprint density at radius 2 is 2.12 bits per heavy atom. The highest BCUT2D eigenvalue weighted by Crippen LogP contribution is 2.27. The summed E-state index contributed by atoms with van der Waals surface area (Å²) in [5.41, 5.74) is 6.12. The molecule has 5 heterocycles. The molecule has 11 nitrogen and oxygen atoms in total. The van der Waals surface area contributed by atoms with Crippen LogP contribution in [0, 0.1) is 0 Å². The number of aromatic nitrogens is 5. The first kappa shape index (κ1) is 21.5. The van der Waals surface area contributed by atoms with Gasteiger partial charge in [0, 0.05) is 32.2 Å². The number of hydrogen-bond acceptors (Lipinski definition) is 9. The van der Waals surface area contributed by atoms with Gasteiger partial charge in [-0.2, -0.15) is 19.5 Å². The number of nitrogens with zero attached hydrogens (tertiary/aromatic N) is 8. The van der Waals surface area contributed by atoms with Gasteiger partial charge in [-0.05, 0) is 31.9 Å². The Labute approximate surface area is 188 Å². The van der Waals surface area contributed by atoms with Crippen LogP contribution in [0.1, 0.15) is 19.8 Å². The third-order valence-electron chi connectivity index (χ3n) is 6.15. The van der Waals surface area contributed by atoms with Crippen LogP contribution in [0.2, 0.25) is 0 Å². The zero-order valence-electron chi connectivity index (χ0n) is 18.1. The van der Waals surface area contributed by atoms with Crippen molar-refractivity contribution in [1.29, 1.82) is 0 Å². The minimum atomic E-state index is -2.38. The molecule has 2 aliphatic rings. The fraction of sp³-hybridized carbons (Fsp3) is 0.550. The number of piperazine rings is 1. The number of nitrogens with two attached hydrogens (primary N) is 1. The maximum Gasteiger partial charge on any atom is 0.259 e. The van der Waals surface area contributed by atoms with Crippen LogP contribution in [-0.2, 0) is 4.79 Å². The lowest BCUT2D eigenvalue weighted by Crippen LogP contribution is -2.58. The van der Waals surface area contributed by atoms with E-state index in [-0.39, 0.29) is 30.2 Å². The molecule has 0 bridgehead atoms. The average Bonchev–Trinajstić information content (AvgIpc) is 3.52. The van der Waals surface area contributed by atoms with E-state index >= 15 is 0 Å². The first-order chi connectivity index (χ1) is 15.9. The van der Waals surface area contributed by atoms with E-state index in [2.05, 4.69) is 20.1 Å². The van der Waals surface area contributed by atoms with Crippen molar-refractivity contribution in [2.45, 2.75) is 38.3 Å². The molecule has 0 aliphatic carbocycles. The van der Waals surface area contributed by atoms with Crippen LogP contribution in [0.5, 0.6) is 0 Å². The number of carbonyl (C=O) groups is 1. The van der Waals surface area contributed by atoms with Crippen LogP contribution in [0.3, 0.4) is 0 Å². The second-order valence-corrected chi connectivity index (χ2v) is 8.39. The maximum atomic E-state index is 13.4. The molecular formula is C20H25F2N9O2. The molecule has 0 saturated carbocycles. The lowest BCUT2D eigenvalue weighted by molar-refractivity contribution is -0.137. The van der Waals surface area contributed by atoms with Crippen LogP contribution < -0.4 is 10.6 Å². The van der Waals surface area contributed by atoms with Gasteiger partial charge in [0.1, 0.15) is 6.04 Å². The van der Waals surface area contributed by atoms with Crippen LogP contribution in [0.15, 0.2) is 22.8 Å². The van der Waals surface area contributed by atoms with Gasteiger partial charge >= 0.3 is 0 Å². The van der Waals surface area contributed by atoms with Gasteiger partial charge in [0.2, 0.25) is 23.6 Å². The summed E-state index contributed by atoms with van der Waals surface area (Å²) in [5, 5.41) is 4.30. The molecule has 13 heteroatoms. The molecule has 3 aromatic heterocycles. The molecule has 0 aromatic carbocycles. The van der Waals surface area contributed by atoms with E-state index in [1.807, 2.05) is 11.8 Å². The molecule has 2 fully saturated rings. The second-order valence-electron chi connectivity index (χ2n) is 8.39. The molecule has 2 atom stereocenters. The van der Waals surface area contributed by atoms with Crippen LogP contribution in [-0.4, -0.2) is 91.5 Å². The molecule has 5 rings (SSSR count). The number of furan rings is 1. The van der Waals surface area contributed by atoms with Gasteiger partial charge in [-0.15, -0.1) is 5.10 Å². The summed E-state index contributed by atoms with van der Waals surface area (Å²) in [5.74, 6) is 1.46. The minimum absolute atomic E-state index is 0.0449. The molecule has 2 unspecified atom stereocenters. The van der Waals surface area contributed by atoms with Crippen molar-refractivity contribution >= 4 is 23.6 Å². The summed E-state index contributed by atoms with van der Waals surface area (Å²) in [6.45, 7) is 3.49. The van der Waals surface area contributed by atoms with Crippen molar-refractivity contribution in [3.8, 4) is 11.6 Å². The van der Waals surface area contributed by atoms with E-state index in [0.29, 0.717) is 50.1 Å². The van der Waals surface area contributed by atoms with Gasteiger partial charge < -0.3 is 20.0 Å². The standard InChI is InChI=1S/C20H25F2N9O2/c1-12-10-28(11-15(21)22)7-8-29(12)17(32)13-4-2-6-30(13)19-25-18(23)31-20(26-19)24-16(27-31)14-5-3-9-33-14/h3,5,9,12-13,15H,2,4,6-8,10-11H2,1H3,(H2,23,24,25,26,27). The molecule has 3 aromatic rings. The first-order valence-corrected chi connectivity index (χ1v) is 10.9. The van der Waals surface area contributed by atoms with Crippen molar-refractivity contribution in [3.63, 3.8) is 0 Å². The fourth-order valence-electron chi connectivity index (χ4n) is 4.61. The van der Waals surface area contributed by atoms with E-state index in [4.69, 9.17) is 10.2 Å². The Bertz CT molecular complexity index is 1140. The predicted octanol–water partition coefficient (Wildman–Crippen LogP) is 1.13. The Morgan fingerprint density at radius 1 is 1.27 bits per heavy atom. The first-order valence-electron chi connectivity index (χ1n) is 10.9. The number of alkyl halides is 2. The molecule has 2 N–H and O–H groups in total. The van der Waals surface area contributed by atoms with Crippen LogP contribution >= 0.6 is 0 Å². The third-order valence-corrected chi connectivity index (χ3v) is 6.15. The van der Waals surface area contributed by atoms with Gasteiger partial charge in [-0.1, -0.05) is 0 Å². The smallest absolute Gasteiger partial charge is 0.259 e. The molecule has 1 amide bonds. The second kappa shape index (κ2) is 8.54. The van der Waals surface area contributed by atoms with Gasteiger partial charge in [-0.3, -0.25) is 9.69 Å². The monoisotopic (exact) mass is 461 g/mol. The van der Waals surface area contributed by atoms with Crippen molar-refractivity contribution < 1.29 is 18.0 Å². The van der Waals surface area contributed by atoms with Crippen molar-refractivity contribution in [1.82, 2.24) is 34.4 Å². The number of halogens is 2. The number of hydrogen-bond donors (Lipinski definition) is 1. The lowest BCUT2D eigenvalue weighted by atomic mass is 10.1. The summed E-state index contributed by atoms with van der Waals surface area (Å²) < 4.78 is 32.2. The quantitative estimate of drug-likeness (QED) is 0.596. The van der Waals surface area contributed by atoms with E-state index in [1.165, 1.54) is 10.8 Å². The molecule has 33 heavy (non-hydrogen) atoms. The topological polar surface area (TPSA) is 122 Å². The van der Waals surface area contributed by atoms with Crippen LogP contribution in [0.4, 0.5) is 20.7 Å². The number of nitrogen functional groups attached to an aromatic ring is 1. The highest BCUT2D eigenvalue weighted by atomic mass is 19.3. The summed E-state index contributed by atoms with van der Waals surface area (Å²) >= 11 is 0. The Balaban J connectivity index is 1.36. The third kappa shape index (κ3) is 4.08. The predicted molar refractivity (Wildman–Crippen MR) is 115 cm³/mol. The molecule has 2 aliphatic heterocycles. The van der Waals surface area contributed by atoms with E-state index in [0.717, 1.165) is 6.42 Å². The molecular weight excluding hydrogens is 436 g/mol. The number of amides is 1. The van der Waals surface area contributed by atoms with Gasteiger partial charge in [0.05, 0.1) is 12.8 Å². The van der Waals surface area contributed by atoms with Gasteiger partial charge in [0.25, 0.3) is 12.2 Å². The minimum Gasteiger partial charge on any atom is -0.461 e. The van der Waals surface area contributed by atoms with Crippen molar-refractivity contribution in [2.75, 3.05) is 43.4 Å². The largest absolute Gasteiger partial charge is 0.461 e. The van der Waals surface area contributed by atoms with Crippen molar-refractivity contribution in [2.24, 2.45) is 0 Å². The maximum absolute atomic E-state index is 13.4. The summed E-state index contributed by atoms with van der Waals surface area (Å²) in [6.07, 6.45) is 0.597. The molecule has 2 saturated heterocycles. The van der Waals surface area contributed by atoms with Gasteiger partial charge in [-0.25, -0.2) is 8.78 Å². The summed E-state index contributed by atoms with van der Waals surface area (Å²) in [6, 6.07) is 2.86. The highest BCUT2D eigenvalue weighted by molar-refractivity contribution is 5.86. The molecule has 0 radical (unpaired) electrons. The number of carbonyl (C=O) groups excluding carboxylic acids is 1. The summed E-state index contributed by atoms with van der Waals surface area (Å²) in [7, 11) is 0. The Hall–Kier alpha value is -3.35. The van der Waals surface area contributed by atoms with E-state index < -0.39 is 12.5 Å². The highest BCUT2D eigenvalue weighted by Gasteiger charge is 2.39. The zero-order valence-corrected chi connectivity index (χ0v) is 18.1. The van der Waals surface area contributed by atoms with Gasteiger partial charge in [0.15, 0.2) is 5.76 Å². The normalized spacial score (nSPS) is 22.1. The van der Waals surface area contributed by atoms with Crippen molar-refractivity contribution in [3.05, 3.63) is 18.4 Å². The average molecular weight is 461 g/mol. The zero-order chi connectivity index (χ0) is 23.1. The molecule has 176 valence electrons. The number of rotatable bonds is 5. The Morgan fingerprint density at radius 3 is 2.85 bits per heavy atom. The SMILES string of the molecule is CC1CN(CC(F)F)CCN1C(=O)C1CCCN1c1nc(N)n2nc(-c3ccco3)nc2n1. The number of fused-ring (bicyclic) bond motifs is 1. The number of anilines is 2. The lowest BCUT2D eigenvalue weighted by Gasteiger charge is -2.41. The summed E-state index contributed by atoms with van der Waals surface area (Å²) in [4.78, 5) is 32.0. The van der Waals surface area contributed by atoms with Crippen LogP contribution in [0.25, 0.3) is 17.4 Å².